The van der Waals surface area contributed by atoms with E-state index >= 15 is 0 Å². The average molecular weight is 350 g/mol. The molecule has 0 radical (unpaired) electrons. The van der Waals surface area contributed by atoms with Gasteiger partial charge in [-0.05, 0) is 35.3 Å². The van der Waals surface area contributed by atoms with Gasteiger partial charge in [0.25, 0.3) is 0 Å². The molecule has 1 N–H and O–H groups in total. The quantitative estimate of drug-likeness (QED) is 0.911. The second kappa shape index (κ2) is 6.76. The van der Waals surface area contributed by atoms with E-state index < -0.39 is 0 Å². The first kappa shape index (κ1) is 16.0. The smallest absolute Gasteiger partial charge is 0.227 e. The van der Waals surface area contributed by atoms with Crippen molar-refractivity contribution in [2.45, 2.75) is 19.4 Å². The maximum Gasteiger partial charge on any atom is 0.227 e. The van der Waals surface area contributed by atoms with Gasteiger partial charge in [-0.15, -0.1) is 11.8 Å². The molecule has 0 aliphatic carbocycles. The molecule has 0 atom stereocenters. The van der Waals surface area contributed by atoms with E-state index in [9.17, 15) is 9.90 Å². The first-order chi connectivity index (χ1) is 12.2. The van der Waals surface area contributed by atoms with E-state index in [0.717, 1.165) is 27.5 Å². The second-order valence-corrected chi connectivity index (χ2v) is 7.12. The number of carbonyl (C=O) groups is 1. The van der Waals surface area contributed by atoms with Crippen molar-refractivity contribution >= 4 is 35.6 Å². The number of allylic oxidation sites excluding steroid dienone is 1. The fraction of sp³-hybridized carbons (Fsp3) is 0.200. The highest BCUT2D eigenvalue weighted by Gasteiger charge is 2.28. The molecule has 0 unspecified atom stereocenters. The summed E-state index contributed by atoms with van der Waals surface area (Å²) in [6, 6.07) is 13.5. The van der Waals surface area contributed by atoms with Gasteiger partial charge in [-0.1, -0.05) is 36.4 Å². The molecule has 0 saturated carbocycles. The van der Waals surface area contributed by atoms with Crippen LogP contribution in [0.1, 0.15) is 23.1 Å². The molecule has 2 aromatic carbocycles. The molecule has 0 aromatic heterocycles. The number of anilines is 1. The maximum atomic E-state index is 12.5. The topological polar surface area (TPSA) is 52.9 Å². The Morgan fingerprint density at radius 1 is 1.16 bits per heavy atom. The van der Waals surface area contributed by atoms with Crippen LogP contribution >= 0.6 is 11.8 Å². The Bertz CT molecular complexity index is 875. The number of rotatable bonds is 3. The number of aromatic hydroxyl groups is 1. The van der Waals surface area contributed by atoms with Crippen molar-refractivity contribution in [3.8, 4) is 5.75 Å². The zero-order valence-electron chi connectivity index (χ0n) is 13.7. The molecule has 2 heterocycles. The molecular formula is C20H18N2O2S. The third-order valence-corrected chi connectivity index (χ3v) is 5.30. The first-order valence-electron chi connectivity index (χ1n) is 8.26. The normalized spacial score (nSPS) is 18.0. The summed E-state index contributed by atoms with van der Waals surface area (Å²) < 4.78 is 0. The molecular weight excluding hydrogens is 332 g/mol. The van der Waals surface area contributed by atoms with Gasteiger partial charge >= 0.3 is 0 Å². The van der Waals surface area contributed by atoms with E-state index in [-0.39, 0.29) is 11.7 Å². The maximum absolute atomic E-state index is 12.5. The number of carbonyl (C=O) groups excluding carboxylic acids is 1. The third kappa shape index (κ3) is 3.20. The largest absolute Gasteiger partial charge is 0.506 e. The number of thioether (sulfide) groups is 1. The Kier molecular flexibility index (Phi) is 4.32. The number of nitrogens with zero attached hydrogens (tertiary/aromatic N) is 2. The summed E-state index contributed by atoms with van der Waals surface area (Å²) in [6.45, 7) is 0.469. The minimum atomic E-state index is 0.0493. The predicted octanol–water partition coefficient (Wildman–Crippen LogP) is 3.99. The molecule has 2 aliphatic heterocycles. The zero-order valence-corrected chi connectivity index (χ0v) is 14.5. The Morgan fingerprint density at radius 3 is 2.76 bits per heavy atom. The van der Waals surface area contributed by atoms with Crippen molar-refractivity contribution in [1.29, 1.82) is 0 Å². The molecule has 25 heavy (non-hydrogen) atoms. The zero-order chi connectivity index (χ0) is 17.2. The Morgan fingerprint density at radius 2 is 2.00 bits per heavy atom. The number of benzene rings is 2. The van der Waals surface area contributed by atoms with Gasteiger partial charge in [0, 0.05) is 17.5 Å². The van der Waals surface area contributed by atoms with Gasteiger partial charge in [0.2, 0.25) is 5.91 Å². The number of hydrogen-bond acceptors (Lipinski definition) is 4. The number of phenols is 1. The van der Waals surface area contributed by atoms with Gasteiger partial charge in [0.05, 0.1) is 18.1 Å². The third-order valence-electron chi connectivity index (χ3n) is 4.46. The van der Waals surface area contributed by atoms with E-state index in [1.54, 1.807) is 22.7 Å². The summed E-state index contributed by atoms with van der Waals surface area (Å²) in [6.07, 6.45) is 5.07. The highest BCUT2D eigenvalue weighted by Crippen LogP contribution is 2.40. The molecule has 1 amide bonds. The fourth-order valence-electron chi connectivity index (χ4n) is 3.27. The van der Waals surface area contributed by atoms with Crippen LogP contribution in [0.15, 0.2) is 52.4 Å². The molecule has 5 heteroatoms. The van der Waals surface area contributed by atoms with Crippen LogP contribution in [0.4, 0.5) is 5.69 Å². The molecule has 0 spiro atoms. The van der Waals surface area contributed by atoms with Crippen molar-refractivity contribution in [3.63, 3.8) is 0 Å². The predicted molar refractivity (Wildman–Crippen MR) is 103 cm³/mol. The Labute approximate surface area is 150 Å². The lowest BCUT2D eigenvalue weighted by Crippen LogP contribution is -2.35. The van der Waals surface area contributed by atoms with Crippen LogP contribution in [0.3, 0.4) is 0 Å². The molecule has 4 rings (SSSR count). The highest BCUT2D eigenvalue weighted by molar-refractivity contribution is 8.04. The van der Waals surface area contributed by atoms with Gasteiger partial charge in [-0.25, -0.2) is 0 Å². The van der Waals surface area contributed by atoms with Crippen LogP contribution < -0.4 is 4.90 Å². The van der Waals surface area contributed by atoms with E-state index in [1.165, 1.54) is 0 Å². The minimum absolute atomic E-state index is 0.0493. The van der Waals surface area contributed by atoms with Crippen molar-refractivity contribution in [3.05, 3.63) is 64.1 Å². The van der Waals surface area contributed by atoms with E-state index in [4.69, 9.17) is 0 Å². The summed E-state index contributed by atoms with van der Waals surface area (Å²) in [4.78, 5) is 19.6. The summed E-state index contributed by atoms with van der Waals surface area (Å²) in [7, 11) is 0. The number of aliphatic imine (C=N–C) groups is 1. The Balaban J connectivity index is 1.76. The van der Waals surface area contributed by atoms with E-state index in [0.29, 0.717) is 25.1 Å². The number of fused-ring (bicyclic) bond motifs is 1. The molecule has 0 fully saturated rings. The summed E-state index contributed by atoms with van der Waals surface area (Å²) in [5, 5.41) is 10.5. The summed E-state index contributed by atoms with van der Waals surface area (Å²) >= 11 is 1.69. The lowest BCUT2D eigenvalue weighted by molar-refractivity contribution is -0.119. The fourth-order valence-corrected chi connectivity index (χ4v) is 3.93. The van der Waals surface area contributed by atoms with Crippen LogP contribution in [-0.4, -0.2) is 23.1 Å². The molecule has 0 bridgehead atoms. The number of phenolic OH excluding ortho intramolecular Hbond substituents is 1. The van der Waals surface area contributed by atoms with Gasteiger partial charge < -0.3 is 10.0 Å². The average Bonchev–Trinajstić information content (AvgIpc) is 3.13. The lowest BCUT2D eigenvalue weighted by atomic mass is 9.94. The SMILES string of the molecule is O=C1CCc2c(C=C3C=NCS3)ccc(O)c2N1Cc1ccccc1. The minimum Gasteiger partial charge on any atom is -0.506 e. The summed E-state index contributed by atoms with van der Waals surface area (Å²) in [5.41, 5.74) is 3.78. The molecule has 2 aromatic rings. The first-order valence-corrected chi connectivity index (χ1v) is 9.24. The van der Waals surface area contributed by atoms with Crippen LogP contribution in [0.5, 0.6) is 5.75 Å². The van der Waals surface area contributed by atoms with Crippen molar-refractivity contribution < 1.29 is 9.90 Å². The number of hydrogen-bond donors (Lipinski definition) is 1. The molecule has 126 valence electrons. The van der Waals surface area contributed by atoms with Crippen LogP contribution in [0, 0.1) is 0 Å². The van der Waals surface area contributed by atoms with Crippen molar-refractivity contribution in [1.82, 2.24) is 0 Å². The van der Waals surface area contributed by atoms with E-state index in [1.807, 2.05) is 42.6 Å². The van der Waals surface area contributed by atoms with Gasteiger partial charge in [0.1, 0.15) is 5.75 Å². The lowest BCUT2D eigenvalue weighted by Gasteiger charge is -2.31. The van der Waals surface area contributed by atoms with Gasteiger partial charge in [-0.2, -0.15) is 0 Å². The van der Waals surface area contributed by atoms with E-state index in [2.05, 4.69) is 11.1 Å². The van der Waals surface area contributed by atoms with Gasteiger partial charge in [0.15, 0.2) is 0 Å². The Hall–Kier alpha value is -2.53. The van der Waals surface area contributed by atoms with Crippen LogP contribution in [0.25, 0.3) is 6.08 Å². The van der Waals surface area contributed by atoms with Crippen molar-refractivity contribution in [2.24, 2.45) is 4.99 Å². The van der Waals surface area contributed by atoms with Crippen LogP contribution in [0.2, 0.25) is 0 Å². The van der Waals surface area contributed by atoms with Crippen LogP contribution in [-0.2, 0) is 17.8 Å². The molecule has 2 aliphatic rings. The molecule has 4 nitrogen and oxygen atoms in total. The highest BCUT2D eigenvalue weighted by atomic mass is 32.2. The monoisotopic (exact) mass is 350 g/mol. The van der Waals surface area contributed by atoms with Gasteiger partial charge in [-0.3, -0.25) is 9.79 Å². The van der Waals surface area contributed by atoms with Crippen molar-refractivity contribution in [2.75, 3.05) is 10.8 Å². The summed E-state index contributed by atoms with van der Waals surface area (Å²) in [5.74, 6) is 0.965. The second-order valence-electron chi connectivity index (χ2n) is 6.10. The number of amides is 1. The standard InChI is InChI=1S/C20H18N2O2S/c23-18-8-6-15(10-16-11-21-13-25-16)17-7-9-19(24)22(20(17)18)12-14-4-2-1-3-5-14/h1-6,8,10-11,23H,7,9,12-13H2. The molecule has 0 saturated heterocycles.